The molecule has 0 saturated carbocycles. The molecule has 1 aromatic heterocycles. The molecule has 0 radical (unpaired) electrons. The topological polar surface area (TPSA) is 76.1 Å². The summed E-state index contributed by atoms with van der Waals surface area (Å²) in [6, 6.07) is 6.58. The van der Waals surface area contributed by atoms with Crippen LogP contribution in [-0.4, -0.2) is 41.9 Å². The molecule has 1 aromatic carbocycles. The molecule has 6 nitrogen and oxygen atoms in total. The third-order valence-corrected chi connectivity index (χ3v) is 4.28. The molecular formula is C15H17FN4O2S. The summed E-state index contributed by atoms with van der Waals surface area (Å²) in [7, 11) is 0. The standard InChI is InChI=1S/C15H17FN4O2S/c16-12-4-2-1-3-10(12)7-14-19-20-15(23-14)18-13(21)8-11-9-22-6-5-17-11/h1-4,11,17H,5-9H2,(H,18,20,21). The maximum absolute atomic E-state index is 13.6. The van der Waals surface area contributed by atoms with Crippen molar-refractivity contribution in [3.8, 4) is 0 Å². The van der Waals surface area contributed by atoms with Crippen LogP contribution in [0.5, 0.6) is 0 Å². The third kappa shape index (κ3) is 4.54. The molecule has 1 aliphatic rings. The van der Waals surface area contributed by atoms with Gasteiger partial charge in [0.05, 0.1) is 13.2 Å². The molecule has 1 unspecified atom stereocenters. The lowest BCUT2D eigenvalue weighted by atomic mass is 10.1. The largest absolute Gasteiger partial charge is 0.378 e. The molecule has 2 heterocycles. The molecule has 0 spiro atoms. The van der Waals surface area contributed by atoms with Crippen molar-refractivity contribution in [2.24, 2.45) is 0 Å². The summed E-state index contributed by atoms with van der Waals surface area (Å²) >= 11 is 1.25. The van der Waals surface area contributed by atoms with Crippen molar-refractivity contribution in [1.82, 2.24) is 15.5 Å². The Morgan fingerprint density at radius 1 is 1.43 bits per heavy atom. The molecule has 1 fully saturated rings. The van der Waals surface area contributed by atoms with Crippen LogP contribution in [0.2, 0.25) is 0 Å². The highest BCUT2D eigenvalue weighted by Crippen LogP contribution is 2.20. The van der Waals surface area contributed by atoms with E-state index in [4.69, 9.17) is 4.74 Å². The number of hydrogen-bond donors (Lipinski definition) is 2. The summed E-state index contributed by atoms with van der Waals surface area (Å²) in [6.07, 6.45) is 0.681. The minimum absolute atomic E-state index is 0.0227. The SMILES string of the molecule is O=C(CC1COCCN1)Nc1nnc(Cc2ccccc2F)s1. The fourth-order valence-electron chi connectivity index (χ4n) is 2.33. The van der Waals surface area contributed by atoms with E-state index in [1.807, 2.05) is 0 Å². The first kappa shape index (κ1) is 16.0. The zero-order chi connectivity index (χ0) is 16.1. The van der Waals surface area contributed by atoms with Crippen molar-refractivity contribution in [2.75, 3.05) is 25.1 Å². The molecular weight excluding hydrogens is 319 g/mol. The van der Waals surface area contributed by atoms with Gasteiger partial charge in [-0.05, 0) is 11.6 Å². The van der Waals surface area contributed by atoms with Gasteiger partial charge in [-0.1, -0.05) is 29.5 Å². The van der Waals surface area contributed by atoms with Crippen LogP contribution in [0.4, 0.5) is 9.52 Å². The van der Waals surface area contributed by atoms with Gasteiger partial charge < -0.3 is 15.4 Å². The minimum atomic E-state index is -0.267. The number of aromatic nitrogens is 2. The van der Waals surface area contributed by atoms with Gasteiger partial charge in [0.1, 0.15) is 10.8 Å². The zero-order valence-electron chi connectivity index (χ0n) is 12.4. The van der Waals surface area contributed by atoms with E-state index in [2.05, 4.69) is 20.8 Å². The van der Waals surface area contributed by atoms with Gasteiger partial charge in [0.15, 0.2) is 0 Å². The van der Waals surface area contributed by atoms with Crippen molar-refractivity contribution in [3.05, 3.63) is 40.7 Å². The number of carbonyl (C=O) groups is 1. The van der Waals surface area contributed by atoms with Crippen molar-refractivity contribution in [2.45, 2.75) is 18.9 Å². The first-order valence-corrected chi connectivity index (χ1v) is 8.19. The summed E-state index contributed by atoms with van der Waals surface area (Å²) in [6.45, 7) is 1.96. The van der Waals surface area contributed by atoms with Gasteiger partial charge in [-0.3, -0.25) is 4.79 Å². The summed E-state index contributed by atoms with van der Waals surface area (Å²) in [5.74, 6) is -0.404. The van der Waals surface area contributed by atoms with E-state index in [9.17, 15) is 9.18 Å². The number of amides is 1. The van der Waals surface area contributed by atoms with E-state index in [1.165, 1.54) is 17.4 Å². The van der Waals surface area contributed by atoms with Crippen molar-refractivity contribution in [3.63, 3.8) is 0 Å². The first-order valence-electron chi connectivity index (χ1n) is 7.37. The Bertz CT molecular complexity index is 673. The van der Waals surface area contributed by atoms with Crippen molar-refractivity contribution < 1.29 is 13.9 Å². The van der Waals surface area contributed by atoms with Crippen LogP contribution in [0.25, 0.3) is 0 Å². The number of carbonyl (C=O) groups excluding carboxylic acids is 1. The normalized spacial score (nSPS) is 17.9. The molecule has 0 aliphatic carbocycles. The number of rotatable bonds is 5. The van der Waals surface area contributed by atoms with E-state index in [1.54, 1.807) is 18.2 Å². The predicted octanol–water partition coefficient (Wildman–Crippen LogP) is 1.58. The van der Waals surface area contributed by atoms with Crippen LogP contribution in [0.1, 0.15) is 17.0 Å². The van der Waals surface area contributed by atoms with Gasteiger partial charge in [0.25, 0.3) is 0 Å². The first-order chi connectivity index (χ1) is 11.2. The lowest BCUT2D eigenvalue weighted by Crippen LogP contribution is -2.43. The van der Waals surface area contributed by atoms with Gasteiger partial charge in [-0.25, -0.2) is 4.39 Å². The molecule has 1 aliphatic heterocycles. The van der Waals surface area contributed by atoms with Gasteiger partial charge in [-0.15, -0.1) is 10.2 Å². The molecule has 2 N–H and O–H groups in total. The molecule has 1 atom stereocenters. The quantitative estimate of drug-likeness (QED) is 0.867. The molecule has 23 heavy (non-hydrogen) atoms. The molecule has 0 bridgehead atoms. The second-order valence-corrected chi connectivity index (χ2v) is 6.31. The maximum atomic E-state index is 13.6. The second-order valence-electron chi connectivity index (χ2n) is 5.25. The zero-order valence-corrected chi connectivity index (χ0v) is 13.2. The summed E-state index contributed by atoms with van der Waals surface area (Å²) in [4.78, 5) is 12.0. The van der Waals surface area contributed by atoms with E-state index in [0.717, 1.165) is 6.54 Å². The fourth-order valence-corrected chi connectivity index (χ4v) is 3.10. The number of hydrogen-bond acceptors (Lipinski definition) is 6. The number of nitrogens with one attached hydrogen (secondary N) is 2. The van der Waals surface area contributed by atoms with Crippen LogP contribution in [0.15, 0.2) is 24.3 Å². The van der Waals surface area contributed by atoms with Gasteiger partial charge in [0.2, 0.25) is 11.0 Å². The van der Waals surface area contributed by atoms with Crippen molar-refractivity contribution >= 4 is 22.4 Å². The highest BCUT2D eigenvalue weighted by Gasteiger charge is 2.18. The number of anilines is 1. The number of halogens is 1. The van der Waals surface area contributed by atoms with E-state index >= 15 is 0 Å². The number of ether oxygens (including phenoxy) is 1. The van der Waals surface area contributed by atoms with Crippen LogP contribution in [0.3, 0.4) is 0 Å². The molecule has 1 amide bonds. The Labute approximate surface area is 137 Å². The average molecular weight is 336 g/mol. The number of nitrogens with zero attached hydrogens (tertiary/aromatic N) is 2. The van der Waals surface area contributed by atoms with E-state index < -0.39 is 0 Å². The summed E-state index contributed by atoms with van der Waals surface area (Å²) in [5.41, 5.74) is 0.560. The van der Waals surface area contributed by atoms with E-state index in [-0.39, 0.29) is 17.8 Å². The molecule has 2 aromatic rings. The number of morpholine rings is 1. The third-order valence-electron chi connectivity index (χ3n) is 3.44. The predicted molar refractivity (Wildman–Crippen MR) is 85.0 cm³/mol. The smallest absolute Gasteiger partial charge is 0.227 e. The fraction of sp³-hybridized carbons (Fsp3) is 0.400. The van der Waals surface area contributed by atoms with Crippen LogP contribution < -0.4 is 10.6 Å². The molecule has 8 heteroatoms. The lowest BCUT2D eigenvalue weighted by Gasteiger charge is -2.22. The molecule has 1 saturated heterocycles. The van der Waals surface area contributed by atoms with Gasteiger partial charge >= 0.3 is 0 Å². The minimum Gasteiger partial charge on any atom is -0.378 e. The monoisotopic (exact) mass is 336 g/mol. The molecule has 122 valence electrons. The second kappa shape index (κ2) is 7.58. The average Bonchev–Trinajstić information content (AvgIpc) is 2.97. The van der Waals surface area contributed by atoms with Gasteiger partial charge in [-0.2, -0.15) is 0 Å². The Hall–Kier alpha value is -1.90. The Morgan fingerprint density at radius 3 is 3.09 bits per heavy atom. The van der Waals surface area contributed by atoms with Crippen LogP contribution in [-0.2, 0) is 16.0 Å². The Balaban J connectivity index is 1.54. The highest BCUT2D eigenvalue weighted by molar-refractivity contribution is 7.15. The highest BCUT2D eigenvalue weighted by atomic mass is 32.1. The summed E-state index contributed by atoms with van der Waals surface area (Å²) < 4.78 is 18.9. The Morgan fingerprint density at radius 2 is 2.30 bits per heavy atom. The van der Waals surface area contributed by atoms with Gasteiger partial charge in [0, 0.05) is 25.4 Å². The van der Waals surface area contributed by atoms with Crippen molar-refractivity contribution in [1.29, 1.82) is 0 Å². The van der Waals surface area contributed by atoms with Crippen LogP contribution >= 0.6 is 11.3 Å². The lowest BCUT2D eigenvalue weighted by molar-refractivity contribution is -0.117. The Kier molecular flexibility index (Phi) is 5.27. The molecule has 3 rings (SSSR count). The number of benzene rings is 1. The van der Waals surface area contributed by atoms with Crippen LogP contribution in [0, 0.1) is 5.82 Å². The maximum Gasteiger partial charge on any atom is 0.227 e. The van der Waals surface area contributed by atoms with E-state index in [0.29, 0.717) is 41.8 Å². The summed E-state index contributed by atoms with van der Waals surface area (Å²) in [5, 5.41) is 15.0.